The van der Waals surface area contributed by atoms with Gasteiger partial charge in [-0.25, -0.2) is 4.98 Å². The maximum absolute atomic E-state index is 11.7. The smallest absolute Gasteiger partial charge is 0.254 e. The van der Waals surface area contributed by atoms with Crippen LogP contribution in [0.4, 0.5) is 5.82 Å². The second kappa shape index (κ2) is 4.99. The molecule has 0 saturated carbocycles. The molecule has 2 N–H and O–H groups in total. The Hall–Kier alpha value is -2.18. The van der Waals surface area contributed by atoms with Crippen molar-refractivity contribution in [1.82, 2.24) is 24.9 Å². The zero-order valence-electron chi connectivity index (χ0n) is 10.6. The van der Waals surface area contributed by atoms with Gasteiger partial charge in [-0.3, -0.25) is 4.79 Å². The lowest BCUT2D eigenvalue weighted by molar-refractivity contribution is -0.121. The van der Waals surface area contributed by atoms with Gasteiger partial charge in [0.05, 0.1) is 0 Å². The fourth-order valence-electron chi connectivity index (χ4n) is 1.65. The lowest BCUT2D eigenvalue weighted by Crippen LogP contribution is -2.37. The zero-order chi connectivity index (χ0) is 13.1. The van der Waals surface area contributed by atoms with Gasteiger partial charge in [0.25, 0.3) is 5.78 Å². The van der Waals surface area contributed by atoms with Gasteiger partial charge in [-0.05, 0) is 20.8 Å². The van der Waals surface area contributed by atoms with Crippen LogP contribution in [0.25, 0.3) is 5.78 Å². The number of fused-ring (bicyclic) bond motifs is 1. The Morgan fingerprint density at radius 2 is 2.33 bits per heavy atom. The molecule has 2 heterocycles. The molecule has 0 bridgehead atoms. The van der Waals surface area contributed by atoms with Crippen LogP contribution in [0.5, 0.6) is 0 Å². The van der Waals surface area contributed by atoms with E-state index in [1.165, 1.54) is 6.33 Å². The Labute approximate surface area is 105 Å². The van der Waals surface area contributed by atoms with Gasteiger partial charge in [-0.2, -0.15) is 14.6 Å². The van der Waals surface area contributed by atoms with Crippen LogP contribution in [0.2, 0.25) is 0 Å². The highest BCUT2D eigenvalue weighted by atomic mass is 16.2. The van der Waals surface area contributed by atoms with Gasteiger partial charge in [0.15, 0.2) is 0 Å². The summed E-state index contributed by atoms with van der Waals surface area (Å²) in [6, 6.07) is 1.48. The van der Waals surface area contributed by atoms with Gasteiger partial charge >= 0.3 is 0 Å². The normalized spacial score (nSPS) is 12.4. The van der Waals surface area contributed by atoms with E-state index < -0.39 is 0 Å². The van der Waals surface area contributed by atoms with Crippen molar-refractivity contribution >= 4 is 17.5 Å². The number of rotatable bonds is 4. The van der Waals surface area contributed by atoms with Gasteiger partial charge < -0.3 is 10.6 Å². The third kappa shape index (κ3) is 2.39. The molecule has 2 aromatic heterocycles. The van der Waals surface area contributed by atoms with Crippen molar-refractivity contribution in [3.05, 3.63) is 18.1 Å². The molecule has 2 aromatic rings. The van der Waals surface area contributed by atoms with Gasteiger partial charge in [-0.1, -0.05) is 0 Å². The SMILES string of the molecule is CCNC(=O)C(C)Nc1cc(C)nc2ncnn12. The number of anilines is 1. The average molecular weight is 248 g/mol. The third-order valence-electron chi connectivity index (χ3n) is 2.49. The summed E-state index contributed by atoms with van der Waals surface area (Å²) in [5.74, 6) is 1.16. The quantitative estimate of drug-likeness (QED) is 0.816. The minimum atomic E-state index is -0.348. The van der Waals surface area contributed by atoms with Crippen LogP contribution < -0.4 is 10.6 Å². The molecule has 0 saturated heterocycles. The molecule has 0 aromatic carbocycles. The summed E-state index contributed by atoms with van der Waals surface area (Å²) in [6.07, 6.45) is 1.43. The number of hydrogen-bond donors (Lipinski definition) is 2. The summed E-state index contributed by atoms with van der Waals surface area (Å²) in [4.78, 5) is 19.9. The molecule has 7 heteroatoms. The number of amides is 1. The summed E-state index contributed by atoms with van der Waals surface area (Å²) in [5, 5.41) is 9.93. The van der Waals surface area contributed by atoms with Gasteiger partial charge in [-0.15, -0.1) is 0 Å². The van der Waals surface area contributed by atoms with Crippen LogP contribution in [0.3, 0.4) is 0 Å². The van der Waals surface area contributed by atoms with Gasteiger partial charge in [0, 0.05) is 18.3 Å². The number of carbonyl (C=O) groups excluding carboxylic acids is 1. The van der Waals surface area contributed by atoms with E-state index in [1.807, 2.05) is 19.9 Å². The molecular formula is C11H16N6O. The lowest BCUT2D eigenvalue weighted by atomic mass is 10.3. The lowest BCUT2D eigenvalue weighted by Gasteiger charge is -2.15. The van der Waals surface area contributed by atoms with Crippen molar-refractivity contribution < 1.29 is 4.79 Å². The van der Waals surface area contributed by atoms with Crippen molar-refractivity contribution in [3.63, 3.8) is 0 Å². The van der Waals surface area contributed by atoms with E-state index in [1.54, 1.807) is 11.4 Å². The van der Waals surface area contributed by atoms with Crippen LogP contribution in [0.1, 0.15) is 19.5 Å². The molecule has 0 aliphatic heterocycles. The number of nitrogens with zero attached hydrogens (tertiary/aromatic N) is 4. The predicted molar refractivity (Wildman–Crippen MR) is 67.3 cm³/mol. The van der Waals surface area contributed by atoms with E-state index in [2.05, 4.69) is 25.7 Å². The third-order valence-corrected chi connectivity index (χ3v) is 2.49. The number of hydrogen-bond acceptors (Lipinski definition) is 5. The number of aryl methyl sites for hydroxylation is 1. The fourth-order valence-corrected chi connectivity index (χ4v) is 1.65. The summed E-state index contributed by atoms with van der Waals surface area (Å²) >= 11 is 0. The van der Waals surface area contributed by atoms with Crippen molar-refractivity contribution in [2.24, 2.45) is 0 Å². The van der Waals surface area contributed by atoms with Gasteiger partial charge in [0.2, 0.25) is 5.91 Å². The van der Waals surface area contributed by atoms with Crippen molar-refractivity contribution in [1.29, 1.82) is 0 Å². The van der Waals surface area contributed by atoms with E-state index in [0.29, 0.717) is 18.1 Å². The van der Waals surface area contributed by atoms with E-state index in [0.717, 1.165) is 5.69 Å². The van der Waals surface area contributed by atoms with E-state index in [-0.39, 0.29) is 11.9 Å². The first-order valence-corrected chi connectivity index (χ1v) is 5.83. The molecule has 0 aliphatic rings. The highest BCUT2D eigenvalue weighted by Crippen LogP contribution is 2.11. The summed E-state index contributed by atoms with van der Waals surface area (Å²) in [5.41, 5.74) is 0.820. The van der Waals surface area contributed by atoms with Crippen LogP contribution in [-0.4, -0.2) is 38.1 Å². The Morgan fingerprint density at radius 3 is 3.06 bits per heavy atom. The largest absolute Gasteiger partial charge is 0.358 e. The molecule has 18 heavy (non-hydrogen) atoms. The first kappa shape index (κ1) is 12.3. The molecule has 1 amide bonds. The summed E-state index contributed by atoms with van der Waals surface area (Å²) in [7, 11) is 0. The summed E-state index contributed by atoms with van der Waals surface area (Å²) in [6.45, 7) is 6.16. The van der Waals surface area contributed by atoms with Crippen LogP contribution >= 0.6 is 0 Å². The Morgan fingerprint density at radius 1 is 1.56 bits per heavy atom. The maximum atomic E-state index is 11.7. The second-order valence-electron chi connectivity index (χ2n) is 4.02. The molecule has 0 spiro atoms. The Bertz CT molecular complexity index is 564. The van der Waals surface area contributed by atoms with Crippen molar-refractivity contribution in [2.75, 3.05) is 11.9 Å². The van der Waals surface area contributed by atoms with Crippen LogP contribution in [0.15, 0.2) is 12.4 Å². The Balaban J connectivity index is 2.25. The predicted octanol–water partition coefficient (Wildman–Crippen LogP) is 0.369. The molecule has 7 nitrogen and oxygen atoms in total. The molecule has 0 fully saturated rings. The molecular weight excluding hydrogens is 232 g/mol. The minimum Gasteiger partial charge on any atom is -0.358 e. The first-order chi connectivity index (χ1) is 8.61. The number of aromatic nitrogens is 4. The van der Waals surface area contributed by atoms with E-state index >= 15 is 0 Å². The molecule has 0 aliphatic carbocycles. The Kier molecular flexibility index (Phi) is 3.40. The molecule has 1 unspecified atom stereocenters. The molecule has 0 radical (unpaired) electrons. The van der Waals surface area contributed by atoms with Crippen LogP contribution in [0, 0.1) is 6.92 Å². The number of nitrogens with one attached hydrogen (secondary N) is 2. The maximum Gasteiger partial charge on any atom is 0.254 e. The van der Waals surface area contributed by atoms with Gasteiger partial charge in [0.1, 0.15) is 18.2 Å². The number of likely N-dealkylation sites (N-methyl/N-ethyl adjacent to an activating group) is 1. The molecule has 2 rings (SSSR count). The van der Waals surface area contributed by atoms with E-state index in [4.69, 9.17) is 0 Å². The monoisotopic (exact) mass is 248 g/mol. The highest BCUT2D eigenvalue weighted by Gasteiger charge is 2.14. The molecule has 1 atom stereocenters. The minimum absolute atomic E-state index is 0.0553. The van der Waals surface area contributed by atoms with E-state index in [9.17, 15) is 4.79 Å². The zero-order valence-corrected chi connectivity index (χ0v) is 10.6. The average Bonchev–Trinajstić information content (AvgIpc) is 2.77. The van der Waals surface area contributed by atoms with Crippen LogP contribution in [-0.2, 0) is 4.79 Å². The number of carbonyl (C=O) groups is 1. The standard InChI is InChI=1S/C11H16N6O/c1-4-12-10(18)8(3)16-9-5-7(2)15-11-13-6-14-17(9)11/h5-6,8,16H,4H2,1-3H3,(H,12,18). The first-order valence-electron chi connectivity index (χ1n) is 5.83. The topological polar surface area (TPSA) is 84.2 Å². The summed E-state index contributed by atoms with van der Waals surface area (Å²) < 4.78 is 1.57. The van der Waals surface area contributed by atoms with Crippen molar-refractivity contribution in [2.45, 2.75) is 26.8 Å². The van der Waals surface area contributed by atoms with Crippen molar-refractivity contribution in [3.8, 4) is 0 Å². The molecule has 96 valence electrons. The second-order valence-corrected chi connectivity index (χ2v) is 4.02. The highest BCUT2D eigenvalue weighted by molar-refractivity contribution is 5.83. The fraction of sp³-hybridized carbons (Fsp3) is 0.455.